The zero-order chi connectivity index (χ0) is 16.5. The molecular weight excluding hydrogens is 320 g/mol. The maximum atomic E-state index is 12.8. The highest BCUT2D eigenvalue weighted by atomic mass is 32.2. The normalized spacial score (nSPS) is 18.8. The minimum absolute atomic E-state index is 0.195. The number of likely N-dealkylation sites (tertiary alicyclic amines) is 1. The molecule has 6 heteroatoms. The minimum Gasteiger partial charge on any atom is -0.346 e. The van der Waals surface area contributed by atoms with Crippen molar-refractivity contribution < 1.29 is 4.79 Å². The van der Waals surface area contributed by atoms with Crippen LogP contribution in [0.2, 0.25) is 0 Å². The molecule has 24 heavy (non-hydrogen) atoms. The smallest absolute Gasteiger partial charge is 0.261 e. The van der Waals surface area contributed by atoms with Gasteiger partial charge in [0.05, 0.1) is 10.6 Å². The Morgan fingerprint density at radius 2 is 2.08 bits per heavy atom. The highest BCUT2D eigenvalue weighted by Gasteiger charge is 2.25. The molecule has 4 heterocycles. The third-order valence-electron chi connectivity index (χ3n) is 4.78. The molecule has 2 aliphatic heterocycles. The molecule has 0 saturated carbocycles. The first-order valence-electron chi connectivity index (χ1n) is 8.57. The molecule has 0 spiro atoms. The van der Waals surface area contributed by atoms with Crippen LogP contribution in [-0.4, -0.2) is 46.2 Å². The summed E-state index contributed by atoms with van der Waals surface area (Å²) in [6.45, 7) is 4.79. The Bertz CT molecular complexity index is 791. The quantitative estimate of drug-likeness (QED) is 0.910. The fraction of sp³-hybridized carbons (Fsp3) is 0.444. The van der Waals surface area contributed by atoms with Gasteiger partial charge in [-0.1, -0.05) is 0 Å². The molecule has 2 aliphatic rings. The number of nitrogens with one attached hydrogen (secondary N) is 1. The maximum absolute atomic E-state index is 12.8. The van der Waals surface area contributed by atoms with Gasteiger partial charge in [-0.2, -0.15) is 0 Å². The molecular formula is C18H22N4OS. The van der Waals surface area contributed by atoms with Crippen molar-refractivity contribution in [3.8, 4) is 0 Å². The molecule has 1 saturated heterocycles. The highest BCUT2D eigenvalue weighted by molar-refractivity contribution is 8.04. The van der Waals surface area contributed by atoms with Gasteiger partial charge in [0.25, 0.3) is 5.91 Å². The van der Waals surface area contributed by atoms with E-state index < -0.39 is 0 Å². The van der Waals surface area contributed by atoms with Crippen molar-refractivity contribution in [1.29, 1.82) is 0 Å². The average molecular weight is 342 g/mol. The van der Waals surface area contributed by atoms with Crippen molar-refractivity contribution in [1.82, 2.24) is 14.9 Å². The minimum atomic E-state index is 0.195. The van der Waals surface area contributed by atoms with E-state index in [4.69, 9.17) is 0 Å². The summed E-state index contributed by atoms with van der Waals surface area (Å²) >= 11 is 1.68. The van der Waals surface area contributed by atoms with E-state index in [1.165, 1.54) is 12.0 Å². The largest absolute Gasteiger partial charge is 0.346 e. The van der Waals surface area contributed by atoms with Crippen LogP contribution in [-0.2, 0) is 4.79 Å². The van der Waals surface area contributed by atoms with Gasteiger partial charge < -0.3 is 14.8 Å². The molecule has 4 rings (SSSR count). The molecule has 1 amide bonds. The number of carbonyl (C=O) groups is 1. The van der Waals surface area contributed by atoms with E-state index in [2.05, 4.69) is 21.8 Å². The predicted molar refractivity (Wildman–Crippen MR) is 99.1 cm³/mol. The third kappa shape index (κ3) is 2.79. The number of aryl methyl sites for hydroxylation is 1. The Balaban J connectivity index is 1.65. The number of carbonyl (C=O) groups excluding carboxylic acids is 1. The van der Waals surface area contributed by atoms with Crippen molar-refractivity contribution in [2.45, 2.75) is 26.2 Å². The fourth-order valence-corrected chi connectivity index (χ4v) is 4.46. The third-order valence-corrected chi connectivity index (χ3v) is 5.75. The summed E-state index contributed by atoms with van der Waals surface area (Å²) in [4.78, 5) is 25.5. The van der Waals surface area contributed by atoms with Crippen molar-refractivity contribution in [2.75, 3.05) is 30.3 Å². The zero-order valence-electron chi connectivity index (χ0n) is 13.9. The number of hydrogen-bond donors (Lipinski definition) is 1. The molecule has 0 bridgehead atoms. The molecule has 126 valence electrons. The number of pyridine rings is 1. The van der Waals surface area contributed by atoms with Crippen LogP contribution in [0.15, 0.2) is 29.6 Å². The summed E-state index contributed by atoms with van der Waals surface area (Å²) in [7, 11) is 0. The van der Waals surface area contributed by atoms with E-state index in [1.807, 2.05) is 29.6 Å². The number of amides is 1. The van der Waals surface area contributed by atoms with E-state index in [9.17, 15) is 4.79 Å². The molecule has 1 N–H and O–H groups in total. The van der Waals surface area contributed by atoms with Crippen LogP contribution < -0.4 is 4.90 Å². The molecule has 0 aromatic carbocycles. The lowest BCUT2D eigenvalue weighted by Gasteiger charge is -2.31. The zero-order valence-corrected chi connectivity index (χ0v) is 14.7. The van der Waals surface area contributed by atoms with Crippen LogP contribution in [0.3, 0.4) is 0 Å². The van der Waals surface area contributed by atoms with Crippen LogP contribution in [0.5, 0.6) is 0 Å². The number of rotatable bonds is 2. The highest BCUT2D eigenvalue weighted by Crippen LogP contribution is 2.33. The molecule has 0 unspecified atom stereocenters. The monoisotopic (exact) mass is 342 g/mol. The van der Waals surface area contributed by atoms with Gasteiger partial charge in [-0.15, -0.1) is 11.8 Å². The van der Waals surface area contributed by atoms with Crippen LogP contribution >= 0.6 is 11.8 Å². The first kappa shape index (κ1) is 15.6. The molecule has 0 radical (unpaired) electrons. The van der Waals surface area contributed by atoms with E-state index in [1.54, 1.807) is 11.8 Å². The van der Waals surface area contributed by atoms with Crippen molar-refractivity contribution in [2.24, 2.45) is 0 Å². The Labute approximate surface area is 146 Å². The van der Waals surface area contributed by atoms with Crippen LogP contribution in [0, 0.1) is 6.92 Å². The number of anilines is 1. The fourth-order valence-electron chi connectivity index (χ4n) is 3.50. The number of aromatic nitrogens is 2. The summed E-state index contributed by atoms with van der Waals surface area (Å²) in [5, 5.41) is 1.14. The number of hydrogen-bond acceptors (Lipinski definition) is 4. The van der Waals surface area contributed by atoms with Gasteiger partial charge in [-0.25, -0.2) is 4.98 Å². The average Bonchev–Trinajstić information content (AvgIpc) is 3.03. The van der Waals surface area contributed by atoms with Crippen molar-refractivity contribution in [3.63, 3.8) is 0 Å². The Morgan fingerprint density at radius 3 is 2.92 bits per heavy atom. The number of H-pyrrole nitrogens is 1. The van der Waals surface area contributed by atoms with Gasteiger partial charge in [0.15, 0.2) is 0 Å². The topological polar surface area (TPSA) is 52.2 Å². The lowest BCUT2D eigenvalue weighted by atomic mass is 10.1. The van der Waals surface area contributed by atoms with Gasteiger partial charge in [0.1, 0.15) is 5.65 Å². The Hall–Kier alpha value is -1.95. The van der Waals surface area contributed by atoms with Crippen LogP contribution in [0.4, 0.5) is 5.69 Å². The second-order valence-corrected chi connectivity index (χ2v) is 7.55. The summed E-state index contributed by atoms with van der Waals surface area (Å²) in [6, 6.07) is 2.04. The lowest BCUT2D eigenvalue weighted by molar-refractivity contribution is -0.127. The summed E-state index contributed by atoms with van der Waals surface area (Å²) in [5.41, 5.74) is 3.21. The number of fused-ring (bicyclic) bond motifs is 1. The second kappa shape index (κ2) is 6.51. The van der Waals surface area contributed by atoms with Gasteiger partial charge in [0.2, 0.25) is 0 Å². The SMILES string of the molecule is Cc1c[nH]c2nccc(N3C=C(C(=O)N4CCCCC4)SCC3)c12. The van der Waals surface area contributed by atoms with Gasteiger partial charge in [-0.3, -0.25) is 4.79 Å². The first-order valence-corrected chi connectivity index (χ1v) is 9.56. The van der Waals surface area contributed by atoms with Crippen molar-refractivity contribution in [3.05, 3.63) is 35.1 Å². The predicted octanol–water partition coefficient (Wildman–Crippen LogP) is 3.28. The number of thioether (sulfide) groups is 1. The molecule has 2 aromatic heterocycles. The summed E-state index contributed by atoms with van der Waals surface area (Å²) in [5.74, 6) is 1.12. The molecule has 0 aliphatic carbocycles. The van der Waals surface area contributed by atoms with E-state index >= 15 is 0 Å². The molecule has 2 aromatic rings. The van der Waals surface area contributed by atoms with Crippen LogP contribution in [0.1, 0.15) is 24.8 Å². The van der Waals surface area contributed by atoms with Crippen LogP contribution in [0.25, 0.3) is 11.0 Å². The van der Waals surface area contributed by atoms with Gasteiger partial charge in [-0.05, 0) is 37.8 Å². The second-order valence-electron chi connectivity index (χ2n) is 6.41. The van der Waals surface area contributed by atoms with E-state index in [-0.39, 0.29) is 5.91 Å². The lowest BCUT2D eigenvalue weighted by Crippen LogP contribution is -2.37. The number of piperidine rings is 1. The first-order chi connectivity index (χ1) is 11.7. The molecule has 0 atom stereocenters. The number of aromatic amines is 1. The summed E-state index contributed by atoms with van der Waals surface area (Å²) in [6.07, 6.45) is 9.34. The molecule has 5 nitrogen and oxygen atoms in total. The summed E-state index contributed by atoms with van der Waals surface area (Å²) < 4.78 is 0. The maximum Gasteiger partial charge on any atom is 0.261 e. The van der Waals surface area contributed by atoms with E-state index in [0.29, 0.717) is 0 Å². The Morgan fingerprint density at radius 1 is 1.25 bits per heavy atom. The van der Waals surface area contributed by atoms with E-state index in [0.717, 1.165) is 59.9 Å². The van der Waals surface area contributed by atoms with Gasteiger partial charge >= 0.3 is 0 Å². The van der Waals surface area contributed by atoms with Gasteiger partial charge in [0, 0.05) is 49.4 Å². The van der Waals surface area contributed by atoms with Crippen molar-refractivity contribution >= 4 is 34.4 Å². The Kier molecular flexibility index (Phi) is 4.22. The number of nitrogens with zero attached hydrogens (tertiary/aromatic N) is 3. The standard InChI is InChI=1S/C18H22N4OS/c1-13-11-20-17-16(13)14(5-6-19-17)22-9-10-24-15(12-22)18(23)21-7-3-2-4-8-21/h5-6,11-12H,2-4,7-10H2,1H3,(H,19,20). The molecule has 1 fully saturated rings.